The van der Waals surface area contributed by atoms with Gasteiger partial charge in [0.1, 0.15) is 5.54 Å². The molecule has 2 fully saturated rings. The summed E-state index contributed by atoms with van der Waals surface area (Å²) in [7, 11) is 4.18. The third kappa shape index (κ3) is 4.32. The minimum Gasteiger partial charge on any atom is -0.361 e. The summed E-state index contributed by atoms with van der Waals surface area (Å²) in [6.45, 7) is 3.92. The third-order valence-electron chi connectivity index (χ3n) is 4.64. The van der Waals surface area contributed by atoms with E-state index in [0.717, 1.165) is 30.8 Å². The molecule has 1 spiro atoms. The predicted octanol–water partition coefficient (Wildman–Crippen LogP) is -0.599. The molecule has 8 heteroatoms. The smallest absolute Gasteiger partial charge is 0.344 e. The number of hydrogen-bond acceptors (Lipinski definition) is 3. The number of carbonyl (C=O) groups is 2. The van der Waals surface area contributed by atoms with Gasteiger partial charge < -0.3 is 15.5 Å². The predicted molar refractivity (Wildman–Crippen MR) is 91.8 cm³/mol. The zero-order valence-electron chi connectivity index (χ0n) is 14.2. The van der Waals surface area contributed by atoms with Crippen LogP contribution in [0.5, 0.6) is 0 Å². The molecule has 1 aliphatic heterocycles. The van der Waals surface area contributed by atoms with Crippen LogP contribution in [-0.4, -0.2) is 54.8 Å². The van der Waals surface area contributed by atoms with Crippen LogP contribution in [0.3, 0.4) is 0 Å². The number of urea groups is 1. The van der Waals surface area contributed by atoms with Crippen molar-refractivity contribution in [1.82, 2.24) is 21.1 Å². The molecule has 0 radical (unpaired) electrons. The normalized spacial score (nSPS) is 27.5. The van der Waals surface area contributed by atoms with Gasteiger partial charge in [-0.2, -0.15) is 5.01 Å². The van der Waals surface area contributed by atoms with Gasteiger partial charge in [0, 0.05) is 13.0 Å². The maximum atomic E-state index is 12.6. The van der Waals surface area contributed by atoms with E-state index in [1.165, 1.54) is 4.90 Å². The van der Waals surface area contributed by atoms with Gasteiger partial charge in [0.15, 0.2) is 5.11 Å². The van der Waals surface area contributed by atoms with E-state index in [4.69, 9.17) is 12.2 Å². The van der Waals surface area contributed by atoms with Crippen molar-refractivity contribution < 1.29 is 14.5 Å². The molecule has 23 heavy (non-hydrogen) atoms. The first kappa shape index (κ1) is 17.9. The highest BCUT2D eigenvalue weighted by molar-refractivity contribution is 7.80. The molecular weight excluding hydrogens is 314 g/mol. The second-order valence-corrected chi connectivity index (χ2v) is 7.42. The molecule has 3 amide bonds. The van der Waals surface area contributed by atoms with E-state index in [0.29, 0.717) is 30.4 Å². The lowest BCUT2D eigenvalue weighted by Crippen LogP contribution is -3.05. The molecule has 1 saturated carbocycles. The summed E-state index contributed by atoms with van der Waals surface area (Å²) in [6, 6.07) is -0.411. The number of imide groups is 1. The second-order valence-electron chi connectivity index (χ2n) is 7.01. The fraction of sp³-hybridized carbons (Fsp3) is 0.800. The molecule has 0 bridgehead atoms. The van der Waals surface area contributed by atoms with Crippen LogP contribution in [0.2, 0.25) is 0 Å². The Bertz CT molecular complexity index is 474. The van der Waals surface area contributed by atoms with Crippen LogP contribution in [0.25, 0.3) is 0 Å². The zero-order chi connectivity index (χ0) is 17.0. The third-order valence-corrected chi connectivity index (χ3v) is 4.88. The van der Waals surface area contributed by atoms with E-state index in [1.54, 1.807) is 0 Å². The SMILES string of the molecule is CC1CCC2(CC1)NC(=O)N(NC(=S)NCCC[NH+](C)C)C2=O. The Morgan fingerprint density at radius 1 is 1.39 bits per heavy atom. The van der Waals surface area contributed by atoms with Crippen LogP contribution in [-0.2, 0) is 4.79 Å². The van der Waals surface area contributed by atoms with Gasteiger partial charge in [-0.25, -0.2) is 4.79 Å². The van der Waals surface area contributed by atoms with E-state index in [9.17, 15) is 9.59 Å². The first-order chi connectivity index (χ1) is 10.8. The van der Waals surface area contributed by atoms with Crippen molar-refractivity contribution in [3.8, 4) is 0 Å². The minimum absolute atomic E-state index is 0.212. The largest absolute Gasteiger partial charge is 0.361 e. The van der Waals surface area contributed by atoms with Gasteiger partial charge in [-0.3, -0.25) is 10.2 Å². The molecule has 0 aromatic heterocycles. The summed E-state index contributed by atoms with van der Waals surface area (Å²) in [6.07, 6.45) is 4.27. The number of nitrogens with zero attached hydrogens (tertiary/aromatic N) is 1. The van der Waals surface area contributed by atoms with Gasteiger partial charge in [0.25, 0.3) is 5.91 Å². The lowest BCUT2D eigenvalue weighted by Gasteiger charge is -2.33. The standard InChI is InChI=1S/C15H27N5O2S/c1-11-5-7-15(8-6-11)12(21)20(14(22)17-15)18-13(23)16-9-4-10-19(2)3/h11H,4-10H2,1-3H3,(H,17,22)(H2,16,18,23)/p+1. The molecule has 2 rings (SSSR count). The van der Waals surface area contributed by atoms with Crippen LogP contribution in [0.1, 0.15) is 39.0 Å². The van der Waals surface area contributed by atoms with Crippen molar-refractivity contribution in [1.29, 1.82) is 0 Å². The van der Waals surface area contributed by atoms with Crippen LogP contribution < -0.4 is 21.0 Å². The monoisotopic (exact) mass is 342 g/mol. The molecule has 0 unspecified atom stereocenters. The molecule has 130 valence electrons. The fourth-order valence-electron chi connectivity index (χ4n) is 3.10. The summed E-state index contributed by atoms with van der Waals surface area (Å²) in [4.78, 5) is 26.1. The maximum Gasteiger partial charge on any atom is 0.344 e. The molecule has 1 heterocycles. The fourth-order valence-corrected chi connectivity index (χ4v) is 3.29. The Morgan fingerprint density at radius 3 is 2.65 bits per heavy atom. The van der Waals surface area contributed by atoms with Gasteiger partial charge >= 0.3 is 6.03 Å². The van der Waals surface area contributed by atoms with Gasteiger partial charge in [0.05, 0.1) is 20.6 Å². The first-order valence-corrected chi connectivity index (χ1v) is 8.75. The number of nitrogens with one attached hydrogen (secondary N) is 4. The van der Waals surface area contributed by atoms with Crippen LogP contribution in [0, 0.1) is 5.92 Å². The zero-order valence-corrected chi connectivity index (χ0v) is 15.0. The molecule has 1 saturated heterocycles. The van der Waals surface area contributed by atoms with Crippen molar-refractivity contribution in [3.63, 3.8) is 0 Å². The number of rotatable bonds is 5. The lowest BCUT2D eigenvalue weighted by atomic mass is 9.77. The van der Waals surface area contributed by atoms with E-state index < -0.39 is 11.6 Å². The van der Waals surface area contributed by atoms with Gasteiger partial charge in [-0.15, -0.1) is 0 Å². The Labute approximate surface area is 143 Å². The summed E-state index contributed by atoms with van der Waals surface area (Å²) < 4.78 is 0. The summed E-state index contributed by atoms with van der Waals surface area (Å²) in [5.74, 6) is 0.394. The summed E-state index contributed by atoms with van der Waals surface area (Å²) in [5.41, 5.74) is 2.00. The molecule has 7 nitrogen and oxygen atoms in total. The molecule has 4 N–H and O–H groups in total. The number of hydrazine groups is 1. The molecular formula is C15H28N5O2S+. The Hall–Kier alpha value is -1.41. The van der Waals surface area contributed by atoms with Crippen LogP contribution in [0.4, 0.5) is 4.79 Å². The van der Waals surface area contributed by atoms with Crippen molar-refractivity contribution >= 4 is 29.3 Å². The number of hydrogen-bond donors (Lipinski definition) is 4. The van der Waals surface area contributed by atoms with Crippen LogP contribution >= 0.6 is 12.2 Å². The summed E-state index contributed by atoms with van der Waals surface area (Å²) >= 11 is 5.18. The number of thiocarbonyl (C=S) groups is 1. The first-order valence-electron chi connectivity index (χ1n) is 8.34. The van der Waals surface area contributed by atoms with Crippen molar-refractivity contribution in [2.45, 2.75) is 44.6 Å². The molecule has 0 aromatic rings. The van der Waals surface area contributed by atoms with E-state index in [-0.39, 0.29) is 5.91 Å². The van der Waals surface area contributed by atoms with E-state index in [1.807, 2.05) is 0 Å². The molecule has 2 aliphatic rings. The average molecular weight is 342 g/mol. The van der Waals surface area contributed by atoms with Crippen molar-refractivity contribution in [3.05, 3.63) is 0 Å². The molecule has 1 aliphatic carbocycles. The number of quaternary nitrogens is 1. The highest BCUT2D eigenvalue weighted by atomic mass is 32.1. The Morgan fingerprint density at radius 2 is 2.04 bits per heavy atom. The van der Waals surface area contributed by atoms with Gasteiger partial charge in [0.2, 0.25) is 0 Å². The van der Waals surface area contributed by atoms with E-state index >= 15 is 0 Å². The Balaban J connectivity index is 1.84. The minimum atomic E-state index is -0.736. The maximum absolute atomic E-state index is 12.6. The van der Waals surface area contributed by atoms with Gasteiger partial charge in [-0.1, -0.05) is 6.92 Å². The highest BCUT2D eigenvalue weighted by Crippen LogP contribution is 2.35. The lowest BCUT2D eigenvalue weighted by molar-refractivity contribution is -0.858. The molecule has 0 aromatic carbocycles. The van der Waals surface area contributed by atoms with E-state index in [2.05, 4.69) is 37.1 Å². The summed E-state index contributed by atoms with van der Waals surface area (Å²) in [5, 5.41) is 7.24. The molecule has 0 atom stereocenters. The number of carbonyl (C=O) groups excluding carboxylic acids is 2. The number of amides is 3. The highest BCUT2D eigenvalue weighted by Gasteiger charge is 2.52. The van der Waals surface area contributed by atoms with Crippen molar-refractivity contribution in [2.24, 2.45) is 5.92 Å². The quantitative estimate of drug-likeness (QED) is 0.305. The topological polar surface area (TPSA) is 77.9 Å². The average Bonchev–Trinajstić information content (AvgIpc) is 2.71. The van der Waals surface area contributed by atoms with Crippen LogP contribution in [0.15, 0.2) is 0 Å². The second kappa shape index (κ2) is 7.44. The van der Waals surface area contributed by atoms with Crippen molar-refractivity contribution in [2.75, 3.05) is 27.2 Å². The van der Waals surface area contributed by atoms with Gasteiger partial charge in [-0.05, 0) is 43.8 Å². The Kier molecular flexibility index (Phi) is 5.80.